The van der Waals surface area contributed by atoms with Gasteiger partial charge in [0.1, 0.15) is 15.9 Å². The molecule has 0 spiro atoms. The van der Waals surface area contributed by atoms with E-state index in [9.17, 15) is 18.0 Å². The zero-order chi connectivity index (χ0) is 19.2. The van der Waals surface area contributed by atoms with Gasteiger partial charge in [0.2, 0.25) is 12.7 Å². The van der Waals surface area contributed by atoms with Crippen LogP contribution >= 0.6 is 0 Å². The summed E-state index contributed by atoms with van der Waals surface area (Å²) in [5, 5.41) is 15.7. The number of ether oxygens (including phenoxy) is 2. The van der Waals surface area contributed by atoms with Gasteiger partial charge in [-0.1, -0.05) is 0 Å². The van der Waals surface area contributed by atoms with E-state index < -0.39 is 33.6 Å². The van der Waals surface area contributed by atoms with Gasteiger partial charge in [-0.25, -0.2) is 13.2 Å². The van der Waals surface area contributed by atoms with Crippen molar-refractivity contribution in [2.75, 3.05) is 30.7 Å². The maximum absolute atomic E-state index is 12.1. The molecule has 0 saturated heterocycles. The summed E-state index contributed by atoms with van der Waals surface area (Å²) >= 11 is 0. The van der Waals surface area contributed by atoms with Crippen molar-refractivity contribution in [3.05, 3.63) is 18.2 Å². The number of fused-ring (bicyclic) bond motifs is 1. The molecule has 0 bridgehead atoms. The van der Waals surface area contributed by atoms with Gasteiger partial charge in [0, 0.05) is 24.6 Å². The molecule has 1 aromatic rings. The maximum atomic E-state index is 12.1. The minimum absolute atomic E-state index is 0.0566. The largest absolute Gasteiger partial charge is 0.454 e. The van der Waals surface area contributed by atoms with Crippen molar-refractivity contribution < 1.29 is 27.5 Å². The second-order valence-electron chi connectivity index (χ2n) is 5.51. The number of urea groups is 1. The number of rotatable bonds is 7. The lowest BCUT2D eigenvalue weighted by Gasteiger charge is -2.18. The van der Waals surface area contributed by atoms with Crippen LogP contribution in [0.1, 0.15) is 6.42 Å². The lowest BCUT2D eigenvalue weighted by atomic mass is 10.2. The molecule has 3 N–H and O–H groups in total. The average Bonchev–Trinajstić information content (AvgIpc) is 3.00. The minimum Gasteiger partial charge on any atom is -0.454 e. The molecule has 1 unspecified atom stereocenters. The van der Waals surface area contributed by atoms with Crippen LogP contribution in [0.25, 0.3) is 0 Å². The number of carbonyl (C=O) groups is 2. The minimum atomic E-state index is -3.53. The molecular formula is C15H18N4O6S. The van der Waals surface area contributed by atoms with Gasteiger partial charge >= 0.3 is 6.03 Å². The van der Waals surface area contributed by atoms with Gasteiger partial charge in [0.25, 0.3) is 0 Å². The maximum Gasteiger partial charge on any atom is 0.319 e. The molecule has 1 aromatic carbocycles. The first-order valence-corrected chi connectivity index (χ1v) is 9.64. The number of nitriles is 1. The van der Waals surface area contributed by atoms with Crippen LogP contribution in [0.4, 0.5) is 10.5 Å². The molecule has 0 fully saturated rings. The van der Waals surface area contributed by atoms with E-state index in [0.717, 1.165) is 6.26 Å². The summed E-state index contributed by atoms with van der Waals surface area (Å²) in [6.45, 7) is 0.144. The van der Waals surface area contributed by atoms with E-state index in [-0.39, 0.29) is 19.8 Å². The molecule has 26 heavy (non-hydrogen) atoms. The molecule has 0 saturated carbocycles. The van der Waals surface area contributed by atoms with Gasteiger partial charge in [-0.3, -0.25) is 4.79 Å². The molecule has 1 aliphatic heterocycles. The van der Waals surface area contributed by atoms with Gasteiger partial charge in [-0.15, -0.1) is 0 Å². The monoisotopic (exact) mass is 382 g/mol. The number of carbonyl (C=O) groups excluding carboxylic acids is 2. The van der Waals surface area contributed by atoms with Crippen molar-refractivity contribution in [3.8, 4) is 17.6 Å². The highest BCUT2D eigenvalue weighted by atomic mass is 32.2. The van der Waals surface area contributed by atoms with Crippen LogP contribution in [0.3, 0.4) is 0 Å². The molecule has 1 atom stereocenters. The summed E-state index contributed by atoms with van der Waals surface area (Å²) in [6.07, 6.45) is 1.03. The predicted molar refractivity (Wildman–Crippen MR) is 91.5 cm³/mol. The van der Waals surface area contributed by atoms with Crippen LogP contribution in [-0.2, 0) is 14.6 Å². The Morgan fingerprint density at radius 3 is 2.73 bits per heavy atom. The zero-order valence-corrected chi connectivity index (χ0v) is 14.8. The lowest BCUT2D eigenvalue weighted by Crippen LogP contribution is -2.51. The molecule has 1 aliphatic rings. The molecule has 140 valence electrons. The molecule has 10 nitrogen and oxygen atoms in total. The number of sulfone groups is 1. The Bertz CT molecular complexity index is 833. The van der Waals surface area contributed by atoms with Crippen molar-refractivity contribution in [2.45, 2.75) is 12.5 Å². The van der Waals surface area contributed by atoms with Crippen molar-refractivity contribution in [2.24, 2.45) is 0 Å². The topological polar surface area (TPSA) is 147 Å². The highest BCUT2D eigenvalue weighted by molar-refractivity contribution is 7.90. The number of benzene rings is 1. The van der Waals surface area contributed by atoms with Crippen LogP contribution in [0, 0.1) is 11.3 Å². The number of hydrogen-bond donors (Lipinski definition) is 3. The smallest absolute Gasteiger partial charge is 0.319 e. The van der Waals surface area contributed by atoms with Gasteiger partial charge in [-0.05, 0) is 12.1 Å². The third-order valence-electron chi connectivity index (χ3n) is 3.26. The van der Waals surface area contributed by atoms with E-state index in [1.807, 2.05) is 6.07 Å². The van der Waals surface area contributed by atoms with E-state index in [0.29, 0.717) is 17.2 Å². The number of amides is 3. The van der Waals surface area contributed by atoms with Gasteiger partial charge < -0.3 is 25.4 Å². The van der Waals surface area contributed by atoms with E-state index >= 15 is 0 Å². The van der Waals surface area contributed by atoms with Crippen molar-refractivity contribution in [1.29, 1.82) is 5.26 Å². The van der Waals surface area contributed by atoms with E-state index in [1.54, 1.807) is 18.2 Å². The standard InChI is InChI=1S/C15H18N4O6S/c1-26(22,23)8-11(14(20)17-6-2-5-16)19-15(21)18-10-3-4-12-13(7-10)25-9-24-12/h3-4,7,11H,2,6,8-9H2,1H3,(H,17,20)(H2,18,19,21). The van der Waals surface area contributed by atoms with Crippen molar-refractivity contribution in [1.82, 2.24) is 10.6 Å². The van der Waals surface area contributed by atoms with Crippen LogP contribution < -0.4 is 25.4 Å². The van der Waals surface area contributed by atoms with E-state index in [2.05, 4.69) is 16.0 Å². The molecule has 2 rings (SSSR count). The second-order valence-corrected chi connectivity index (χ2v) is 7.70. The first-order valence-electron chi connectivity index (χ1n) is 7.58. The Kier molecular flexibility index (Phi) is 6.24. The molecular weight excluding hydrogens is 364 g/mol. The fourth-order valence-electron chi connectivity index (χ4n) is 2.15. The number of hydrogen-bond acceptors (Lipinski definition) is 7. The summed E-state index contributed by atoms with van der Waals surface area (Å²) in [6, 6.07) is 4.53. The normalized spacial score (nSPS) is 13.4. The Morgan fingerprint density at radius 1 is 1.31 bits per heavy atom. The summed E-state index contributed by atoms with van der Waals surface area (Å²) in [7, 11) is -3.53. The van der Waals surface area contributed by atoms with Crippen molar-refractivity contribution in [3.63, 3.8) is 0 Å². The first kappa shape index (κ1) is 19.3. The average molecular weight is 382 g/mol. The summed E-state index contributed by atoms with van der Waals surface area (Å²) in [5.74, 6) is -0.251. The predicted octanol–water partition coefficient (Wildman–Crippen LogP) is -0.0201. The van der Waals surface area contributed by atoms with Crippen LogP contribution in [0.5, 0.6) is 11.5 Å². The van der Waals surface area contributed by atoms with Gasteiger partial charge in [-0.2, -0.15) is 5.26 Å². The zero-order valence-electron chi connectivity index (χ0n) is 13.9. The van der Waals surface area contributed by atoms with Crippen LogP contribution in [0.15, 0.2) is 18.2 Å². The van der Waals surface area contributed by atoms with Crippen LogP contribution in [-0.4, -0.2) is 51.7 Å². The summed E-state index contributed by atoms with van der Waals surface area (Å²) < 4.78 is 33.4. The molecule has 0 radical (unpaired) electrons. The fourth-order valence-corrected chi connectivity index (χ4v) is 2.99. The molecule has 0 aliphatic carbocycles. The number of nitrogens with zero attached hydrogens (tertiary/aromatic N) is 1. The second kappa shape index (κ2) is 8.39. The van der Waals surface area contributed by atoms with E-state index in [1.165, 1.54) is 0 Å². The highest BCUT2D eigenvalue weighted by Gasteiger charge is 2.25. The quantitative estimate of drug-likeness (QED) is 0.562. The SMILES string of the molecule is CS(=O)(=O)CC(NC(=O)Nc1ccc2c(c1)OCO2)C(=O)NCCC#N. The Balaban J connectivity index is 2.00. The Morgan fingerprint density at radius 2 is 2.04 bits per heavy atom. The number of nitrogens with one attached hydrogen (secondary N) is 3. The fraction of sp³-hybridized carbons (Fsp3) is 0.400. The first-order chi connectivity index (χ1) is 12.3. The molecule has 1 heterocycles. The summed E-state index contributed by atoms with van der Waals surface area (Å²) in [5.41, 5.74) is 0.384. The van der Waals surface area contributed by atoms with Gasteiger partial charge in [0.15, 0.2) is 11.5 Å². The van der Waals surface area contributed by atoms with E-state index in [4.69, 9.17) is 14.7 Å². The van der Waals surface area contributed by atoms with Gasteiger partial charge in [0.05, 0.1) is 18.2 Å². The van der Waals surface area contributed by atoms with Crippen LogP contribution in [0.2, 0.25) is 0 Å². The highest BCUT2D eigenvalue weighted by Crippen LogP contribution is 2.34. The third-order valence-corrected chi connectivity index (χ3v) is 4.20. The Labute approximate surface area is 150 Å². The molecule has 0 aromatic heterocycles. The lowest BCUT2D eigenvalue weighted by molar-refractivity contribution is -0.122. The Hall–Kier alpha value is -3.00. The molecule has 11 heteroatoms. The summed E-state index contributed by atoms with van der Waals surface area (Å²) in [4.78, 5) is 24.2. The van der Waals surface area contributed by atoms with Crippen molar-refractivity contribution >= 4 is 27.5 Å². The number of anilines is 1. The molecule has 3 amide bonds. The third kappa shape index (κ3) is 5.82.